The van der Waals surface area contributed by atoms with Crippen molar-refractivity contribution in [2.75, 3.05) is 31.5 Å². The molecule has 138 valence electrons. The lowest BCUT2D eigenvalue weighted by molar-refractivity contribution is -0.130. The van der Waals surface area contributed by atoms with Crippen LogP contribution in [0.4, 0.5) is 5.13 Å². The van der Waals surface area contributed by atoms with Gasteiger partial charge in [-0.15, -0.1) is 11.3 Å². The Morgan fingerprint density at radius 1 is 1.31 bits per heavy atom. The molecule has 0 radical (unpaired) electrons. The highest BCUT2D eigenvalue weighted by atomic mass is 32.1. The van der Waals surface area contributed by atoms with E-state index in [0.29, 0.717) is 22.7 Å². The van der Waals surface area contributed by atoms with Crippen LogP contribution in [0, 0.1) is 11.8 Å². The van der Waals surface area contributed by atoms with Crippen LogP contribution in [0.3, 0.4) is 0 Å². The van der Waals surface area contributed by atoms with Gasteiger partial charge < -0.3 is 14.6 Å². The van der Waals surface area contributed by atoms with Crippen molar-refractivity contribution in [2.24, 2.45) is 11.8 Å². The molecule has 2 atom stereocenters. The van der Waals surface area contributed by atoms with Crippen LogP contribution in [0.5, 0.6) is 0 Å². The number of hydrogen-bond acceptors (Lipinski definition) is 6. The molecule has 2 aromatic rings. The van der Waals surface area contributed by atoms with Gasteiger partial charge in [-0.3, -0.25) is 14.9 Å². The average Bonchev–Trinajstić information content (AvgIpc) is 3.36. The average molecular weight is 374 g/mol. The number of carbonyl (C=O) groups is 2. The van der Waals surface area contributed by atoms with E-state index in [1.54, 1.807) is 12.1 Å². The van der Waals surface area contributed by atoms with Crippen molar-refractivity contribution in [3.8, 4) is 0 Å². The number of carbonyl (C=O) groups excluding carboxylic acids is 2. The zero-order chi connectivity index (χ0) is 17.9. The maximum Gasteiger partial charge on any atom is 0.293 e. The normalized spacial score (nSPS) is 22.7. The number of hydrogen-bond donors (Lipinski definition) is 2. The smallest absolute Gasteiger partial charge is 0.293 e. The molecule has 0 aromatic carbocycles. The first-order chi connectivity index (χ1) is 12.7. The van der Waals surface area contributed by atoms with Gasteiger partial charge in [0.05, 0.1) is 18.4 Å². The predicted molar refractivity (Wildman–Crippen MR) is 98.1 cm³/mol. The van der Waals surface area contributed by atoms with E-state index in [-0.39, 0.29) is 24.0 Å². The molecule has 2 fully saturated rings. The molecule has 4 rings (SSSR count). The number of nitrogens with one attached hydrogen (secondary N) is 2. The topological polar surface area (TPSA) is 87.5 Å². The predicted octanol–water partition coefficient (Wildman–Crippen LogP) is 1.99. The molecule has 2 N–H and O–H groups in total. The first-order valence-corrected chi connectivity index (χ1v) is 9.85. The number of furan rings is 1. The van der Waals surface area contributed by atoms with E-state index >= 15 is 0 Å². The van der Waals surface area contributed by atoms with Gasteiger partial charge in [0.15, 0.2) is 10.9 Å². The first kappa shape index (κ1) is 17.2. The van der Waals surface area contributed by atoms with E-state index in [0.717, 1.165) is 39.0 Å². The number of fused-ring (bicyclic) bond motifs is 1. The minimum absolute atomic E-state index is 0.118. The molecular weight excluding hydrogens is 352 g/mol. The Morgan fingerprint density at radius 2 is 2.08 bits per heavy atom. The summed E-state index contributed by atoms with van der Waals surface area (Å²) in [6.07, 6.45) is 3.88. The fourth-order valence-corrected chi connectivity index (χ4v) is 4.45. The summed E-state index contributed by atoms with van der Waals surface area (Å²) < 4.78 is 5.06. The lowest BCUT2D eigenvalue weighted by Crippen LogP contribution is -2.34. The quantitative estimate of drug-likeness (QED) is 0.855. The molecule has 2 amide bonds. The highest BCUT2D eigenvalue weighted by Crippen LogP contribution is 2.27. The monoisotopic (exact) mass is 374 g/mol. The third kappa shape index (κ3) is 3.81. The van der Waals surface area contributed by atoms with E-state index in [4.69, 9.17) is 4.42 Å². The van der Waals surface area contributed by atoms with Gasteiger partial charge >= 0.3 is 0 Å². The fourth-order valence-electron chi connectivity index (χ4n) is 3.75. The standard InChI is InChI=1S/C18H22N4O3S/c23-16(22-5-3-12-9-19-10-13(12)4-6-22)8-14-11-26-18(20-14)21-17(24)15-2-1-7-25-15/h1-2,7,11-13,19H,3-6,8-10H2,(H,20,21,24)/t12-,13+. The molecule has 26 heavy (non-hydrogen) atoms. The molecule has 8 heteroatoms. The van der Waals surface area contributed by atoms with E-state index in [1.807, 2.05) is 10.3 Å². The summed E-state index contributed by atoms with van der Waals surface area (Å²) in [6.45, 7) is 3.82. The van der Waals surface area contributed by atoms with Crippen molar-refractivity contribution in [2.45, 2.75) is 19.3 Å². The van der Waals surface area contributed by atoms with Crippen molar-refractivity contribution in [1.82, 2.24) is 15.2 Å². The van der Waals surface area contributed by atoms with E-state index in [2.05, 4.69) is 15.6 Å². The number of anilines is 1. The molecule has 2 aliphatic rings. The van der Waals surface area contributed by atoms with Crippen molar-refractivity contribution < 1.29 is 14.0 Å². The van der Waals surface area contributed by atoms with Gasteiger partial charge in [-0.2, -0.15) is 0 Å². The summed E-state index contributed by atoms with van der Waals surface area (Å²) in [5.41, 5.74) is 0.695. The lowest BCUT2D eigenvalue weighted by atomic mass is 9.92. The molecule has 7 nitrogen and oxygen atoms in total. The van der Waals surface area contributed by atoms with Crippen LogP contribution in [-0.4, -0.2) is 47.9 Å². The maximum atomic E-state index is 12.6. The van der Waals surface area contributed by atoms with E-state index in [9.17, 15) is 9.59 Å². The third-order valence-corrected chi connectivity index (χ3v) is 6.03. The second kappa shape index (κ2) is 7.59. The summed E-state index contributed by atoms with van der Waals surface area (Å²) in [5.74, 6) is 1.43. The number of amides is 2. The van der Waals surface area contributed by atoms with Crippen molar-refractivity contribution in [3.63, 3.8) is 0 Å². The van der Waals surface area contributed by atoms with E-state index in [1.165, 1.54) is 17.6 Å². The molecule has 2 aliphatic heterocycles. The molecular formula is C18H22N4O3S. The van der Waals surface area contributed by atoms with Crippen LogP contribution in [0.15, 0.2) is 28.2 Å². The number of likely N-dealkylation sites (tertiary alicyclic amines) is 1. The summed E-state index contributed by atoms with van der Waals surface area (Å²) >= 11 is 1.32. The third-order valence-electron chi connectivity index (χ3n) is 5.22. The summed E-state index contributed by atoms with van der Waals surface area (Å²) in [4.78, 5) is 30.9. The fraction of sp³-hybridized carbons (Fsp3) is 0.500. The molecule has 2 aromatic heterocycles. The summed E-state index contributed by atoms with van der Waals surface area (Å²) in [7, 11) is 0. The van der Waals surface area contributed by atoms with Crippen molar-refractivity contribution in [3.05, 3.63) is 35.2 Å². The Hall–Kier alpha value is -2.19. The maximum absolute atomic E-state index is 12.6. The van der Waals surface area contributed by atoms with Gasteiger partial charge in [-0.1, -0.05) is 0 Å². The second-order valence-electron chi connectivity index (χ2n) is 6.89. The van der Waals surface area contributed by atoms with Crippen LogP contribution < -0.4 is 10.6 Å². The number of nitrogens with zero attached hydrogens (tertiary/aromatic N) is 2. The minimum atomic E-state index is -0.338. The Morgan fingerprint density at radius 3 is 2.77 bits per heavy atom. The number of rotatable bonds is 4. The molecule has 0 unspecified atom stereocenters. The van der Waals surface area contributed by atoms with Crippen molar-refractivity contribution >= 4 is 28.3 Å². The Kier molecular flexibility index (Phi) is 5.03. The van der Waals surface area contributed by atoms with Crippen LogP contribution in [0.1, 0.15) is 29.1 Å². The minimum Gasteiger partial charge on any atom is -0.459 e. The summed E-state index contributed by atoms with van der Waals surface area (Å²) in [6, 6.07) is 3.25. The van der Waals surface area contributed by atoms with Gasteiger partial charge in [0.2, 0.25) is 5.91 Å². The molecule has 2 saturated heterocycles. The van der Waals surface area contributed by atoms with Gasteiger partial charge in [-0.05, 0) is 49.9 Å². The van der Waals surface area contributed by atoms with E-state index < -0.39 is 0 Å². The van der Waals surface area contributed by atoms with Crippen LogP contribution in [0.2, 0.25) is 0 Å². The van der Waals surface area contributed by atoms with Gasteiger partial charge in [0, 0.05) is 18.5 Å². The van der Waals surface area contributed by atoms with Crippen molar-refractivity contribution in [1.29, 1.82) is 0 Å². The van der Waals surface area contributed by atoms with Gasteiger partial charge in [0.25, 0.3) is 5.91 Å². The zero-order valence-corrected chi connectivity index (χ0v) is 15.3. The SMILES string of the molecule is O=C(Nc1nc(CC(=O)N2CC[C@@H]3CNC[C@@H]3CC2)cs1)c1ccco1. The summed E-state index contributed by atoms with van der Waals surface area (Å²) in [5, 5.41) is 8.45. The Labute approximate surface area is 155 Å². The van der Waals surface area contributed by atoms with Crippen LogP contribution in [-0.2, 0) is 11.2 Å². The zero-order valence-electron chi connectivity index (χ0n) is 14.4. The van der Waals surface area contributed by atoms with Crippen LogP contribution in [0.25, 0.3) is 0 Å². The number of thiazole rings is 1. The highest BCUT2D eigenvalue weighted by molar-refractivity contribution is 7.14. The molecule has 0 spiro atoms. The molecule has 0 aliphatic carbocycles. The number of aromatic nitrogens is 1. The Balaban J connectivity index is 1.32. The highest BCUT2D eigenvalue weighted by Gasteiger charge is 2.31. The Bertz CT molecular complexity index is 759. The van der Waals surface area contributed by atoms with Crippen LogP contribution >= 0.6 is 11.3 Å². The molecule has 0 bridgehead atoms. The second-order valence-corrected chi connectivity index (χ2v) is 7.75. The molecule has 4 heterocycles. The largest absolute Gasteiger partial charge is 0.459 e. The van der Waals surface area contributed by atoms with Gasteiger partial charge in [-0.25, -0.2) is 4.98 Å². The lowest BCUT2D eigenvalue weighted by Gasteiger charge is -2.20. The first-order valence-electron chi connectivity index (χ1n) is 8.97. The molecule has 0 saturated carbocycles. The van der Waals surface area contributed by atoms with Gasteiger partial charge in [0.1, 0.15) is 0 Å².